The highest BCUT2D eigenvalue weighted by Gasteiger charge is 2.58. The van der Waals surface area contributed by atoms with Gasteiger partial charge >= 0.3 is 18.3 Å². The first-order valence-electron chi connectivity index (χ1n) is 19.9. The van der Waals surface area contributed by atoms with Crippen molar-refractivity contribution < 1.29 is 47.9 Å². The maximum absolute atomic E-state index is 13.8. The number of azide groups is 1. The topological polar surface area (TPSA) is 203 Å². The van der Waals surface area contributed by atoms with Gasteiger partial charge in [0.1, 0.15) is 37.6 Å². The molecular weight excluding hydrogens is 773 g/mol. The molecule has 0 aromatic heterocycles. The van der Waals surface area contributed by atoms with Gasteiger partial charge < -0.3 is 44.2 Å². The Morgan fingerprint density at radius 1 is 0.850 bits per heavy atom. The number of nitrogens with one attached hydrogen (secondary N) is 2. The average Bonchev–Trinajstić information content (AvgIpc) is 3.68. The molecule has 0 spiro atoms. The lowest BCUT2D eigenvalue weighted by molar-refractivity contribution is -0.268. The first kappa shape index (κ1) is 42.0. The van der Waals surface area contributed by atoms with Gasteiger partial charge in [0.15, 0.2) is 12.4 Å². The lowest BCUT2D eigenvalue weighted by Crippen LogP contribution is -2.71. The summed E-state index contributed by atoms with van der Waals surface area (Å²) in [6.45, 7) is 2.13. The number of ether oxygens (including phenoxy) is 6. The van der Waals surface area contributed by atoms with Gasteiger partial charge in [-0.2, -0.15) is 0 Å². The molecule has 3 N–H and O–H groups in total. The van der Waals surface area contributed by atoms with Gasteiger partial charge in [-0.15, -0.1) is 0 Å². The number of fused-ring (bicyclic) bond motifs is 1. The van der Waals surface area contributed by atoms with E-state index in [1.807, 2.05) is 128 Å². The van der Waals surface area contributed by atoms with Gasteiger partial charge in [-0.05, 0) is 47.6 Å². The van der Waals surface area contributed by atoms with Crippen LogP contribution >= 0.6 is 0 Å². The number of alkyl carbamates (subject to hydrolysis) is 2. The van der Waals surface area contributed by atoms with Crippen LogP contribution in [0.2, 0.25) is 0 Å². The van der Waals surface area contributed by atoms with Crippen molar-refractivity contribution in [2.24, 2.45) is 5.11 Å². The zero-order chi connectivity index (χ0) is 41.8. The largest absolute Gasteiger partial charge is 0.445 e. The maximum atomic E-state index is 13.8. The average molecular weight is 821 g/mol. The van der Waals surface area contributed by atoms with E-state index in [4.69, 9.17) is 28.4 Å². The number of aliphatic hydroxyl groups excluding tert-OH is 1. The van der Waals surface area contributed by atoms with E-state index in [0.29, 0.717) is 12.8 Å². The molecule has 3 amide bonds. The molecule has 2 aliphatic heterocycles. The van der Waals surface area contributed by atoms with E-state index in [9.17, 15) is 25.0 Å². The number of nitrogens with zero attached hydrogens (tertiary/aromatic N) is 4. The molecule has 314 valence electrons. The summed E-state index contributed by atoms with van der Waals surface area (Å²) in [7, 11) is 0. The molecule has 3 fully saturated rings. The zero-order valence-corrected chi connectivity index (χ0v) is 33.0. The van der Waals surface area contributed by atoms with E-state index in [0.717, 1.165) is 22.3 Å². The molecule has 4 aromatic carbocycles. The van der Waals surface area contributed by atoms with Crippen LogP contribution in [0.3, 0.4) is 0 Å². The van der Waals surface area contributed by atoms with Crippen LogP contribution in [0.25, 0.3) is 10.4 Å². The fourth-order valence-electron chi connectivity index (χ4n) is 7.79. The van der Waals surface area contributed by atoms with Crippen molar-refractivity contribution in [1.82, 2.24) is 15.5 Å². The number of hydrogen-bond donors (Lipinski definition) is 3. The van der Waals surface area contributed by atoms with E-state index in [-0.39, 0.29) is 26.4 Å². The Hall–Kier alpha value is -6.16. The highest BCUT2D eigenvalue weighted by Crippen LogP contribution is 2.36. The second-order valence-corrected chi connectivity index (χ2v) is 14.9. The molecule has 2 saturated heterocycles. The molecular formula is C44H48N6O10. The van der Waals surface area contributed by atoms with Crippen molar-refractivity contribution in [1.29, 1.82) is 0 Å². The summed E-state index contributed by atoms with van der Waals surface area (Å²) in [5.74, 6) is 0. The molecule has 60 heavy (non-hydrogen) atoms. The summed E-state index contributed by atoms with van der Waals surface area (Å²) in [5, 5.41) is 21.5. The van der Waals surface area contributed by atoms with Crippen molar-refractivity contribution in [2.75, 3.05) is 0 Å². The summed E-state index contributed by atoms with van der Waals surface area (Å²) < 4.78 is 36.6. The summed E-state index contributed by atoms with van der Waals surface area (Å²) in [4.78, 5) is 44.7. The smallest absolute Gasteiger partial charge is 0.410 e. The van der Waals surface area contributed by atoms with Crippen molar-refractivity contribution in [3.8, 4) is 0 Å². The van der Waals surface area contributed by atoms with Gasteiger partial charge in [-0.3, -0.25) is 4.90 Å². The number of rotatable bonds is 15. The maximum Gasteiger partial charge on any atom is 0.410 e. The van der Waals surface area contributed by atoms with Gasteiger partial charge in [-0.1, -0.05) is 126 Å². The Balaban J connectivity index is 1.15. The highest BCUT2D eigenvalue weighted by atomic mass is 16.7. The number of hydrogen-bond acceptors (Lipinski definition) is 11. The van der Waals surface area contributed by atoms with Crippen LogP contribution in [-0.2, 0) is 54.8 Å². The molecule has 4 aromatic rings. The number of carbonyl (C=O) groups is 3. The second-order valence-electron chi connectivity index (χ2n) is 14.9. The fourth-order valence-corrected chi connectivity index (χ4v) is 7.79. The number of aliphatic hydroxyl groups is 1. The van der Waals surface area contributed by atoms with Crippen LogP contribution in [0.5, 0.6) is 0 Å². The van der Waals surface area contributed by atoms with E-state index in [1.165, 1.54) is 0 Å². The third-order valence-corrected chi connectivity index (χ3v) is 10.9. The normalized spacial score (nSPS) is 26.2. The minimum absolute atomic E-state index is 0.0492. The number of carbonyl (C=O) groups excluding carboxylic acids is 3. The summed E-state index contributed by atoms with van der Waals surface area (Å²) in [5.41, 5.74) is 12.9. The Bertz CT molecular complexity index is 2060. The number of benzene rings is 4. The minimum atomic E-state index is -1.53. The van der Waals surface area contributed by atoms with Crippen molar-refractivity contribution >= 4 is 18.3 Å². The minimum Gasteiger partial charge on any atom is -0.445 e. The lowest BCUT2D eigenvalue weighted by Gasteiger charge is -2.48. The lowest BCUT2D eigenvalue weighted by atomic mass is 9.81. The molecule has 3 aliphatic rings. The van der Waals surface area contributed by atoms with Gasteiger partial charge in [0.25, 0.3) is 0 Å². The molecule has 7 rings (SSSR count). The van der Waals surface area contributed by atoms with E-state index < -0.39 is 79.3 Å². The van der Waals surface area contributed by atoms with Crippen LogP contribution in [0, 0.1) is 0 Å². The molecule has 0 radical (unpaired) electrons. The molecule has 16 heteroatoms. The third kappa shape index (κ3) is 10.5. The summed E-state index contributed by atoms with van der Waals surface area (Å²) >= 11 is 0. The predicted octanol–water partition coefficient (Wildman–Crippen LogP) is 6.52. The van der Waals surface area contributed by atoms with Crippen LogP contribution < -0.4 is 10.6 Å². The molecule has 1 saturated carbocycles. The van der Waals surface area contributed by atoms with Crippen molar-refractivity contribution in [2.45, 2.75) is 107 Å². The van der Waals surface area contributed by atoms with Gasteiger partial charge in [-0.25, -0.2) is 14.4 Å². The first-order valence-corrected chi connectivity index (χ1v) is 19.9. The van der Waals surface area contributed by atoms with Gasteiger partial charge in [0.05, 0.1) is 30.8 Å². The highest BCUT2D eigenvalue weighted by molar-refractivity contribution is 5.71. The van der Waals surface area contributed by atoms with Crippen LogP contribution in [0.4, 0.5) is 14.4 Å². The fraction of sp³-hybridized carbons (Fsp3) is 0.386. The van der Waals surface area contributed by atoms with Crippen LogP contribution in [0.1, 0.15) is 42.0 Å². The monoisotopic (exact) mass is 820 g/mol. The molecule has 0 bridgehead atoms. The predicted molar refractivity (Wildman–Crippen MR) is 216 cm³/mol. The Labute approximate surface area is 347 Å². The second kappa shape index (κ2) is 20.2. The van der Waals surface area contributed by atoms with E-state index >= 15 is 0 Å². The van der Waals surface area contributed by atoms with E-state index in [2.05, 4.69) is 20.7 Å². The Morgan fingerprint density at radius 3 is 2.02 bits per heavy atom. The van der Waals surface area contributed by atoms with Crippen molar-refractivity contribution in [3.63, 3.8) is 0 Å². The van der Waals surface area contributed by atoms with E-state index in [1.54, 1.807) is 4.90 Å². The summed E-state index contributed by atoms with van der Waals surface area (Å²) in [6, 6.07) is 33.7. The van der Waals surface area contributed by atoms with Crippen molar-refractivity contribution in [3.05, 3.63) is 154 Å². The van der Waals surface area contributed by atoms with Crippen LogP contribution in [0.15, 0.2) is 126 Å². The first-order chi connectivity index (χ1) is 29.3. The van der Waals surface area contributed by atoms with Gasteiger partial charge in [0, 0.05) is 11.5 Å². The quantitative estimate of drug-likeness (QED) is 0.0513. The van der Waals surface area contributed by atoms with Gasteiger partial charge in [0.2, 0.25) is 0 Å². The SMILES string of the molecule is C[C@@H]([C@@H]1CC[C@@H](N=[N+]=[N-])[C@@H](O[C@H]2[C@H](O)[C@H]3OC(=O)N[C@@H]3[C@@H](OCc3ccccc3)[C@@H]2NC(=O)OCc2ccccc2)O1)N(Cc1ccccc1)C(=O)OCc1ccccc1. The molecule has 10 atom stereocenters. The molecule has 0 unspecified atom stereocenters. The standard InChI is InChI=1S/C44H48N6O10/c1-28(50(24-29-14-6-2-7-15-29)44(54)57-27-32-20-12-5-13-21-32)34-23-22-33(48-49-45)41(58-34)59-39-35(46-42(52)56-26-31-18-10-4-11-19-31)38(55-25-30-16-8-3-9-17-30)36-40(37(39)51)60-43(53)47-36/h2-21,28,33-41,51H,22-27H2,1H3,(H,46,52)(H,47,53)/t28-,33+,34-,35-,36+,37-,38-,39+,40-,41+/m0/s1. The molecule has 2 heterocycles. The third-order valence-electron chi connectivity index (χ3n) is 10.9. The van der Waals surface area contributed by atoms with Crippen LogP contribution in [-0.4, -0.2) is 89.3 Å². The summed E-state index contributed by atoms with van der Waals surface area (Å²) in [6.07, 6.45) is -8.52. The molecule has 16 nitrogen and oxygen atoms in total. The zero-order valence-electron chi connectivity index (χ0n) is 33.0. The molecule has 1 aliphatic carbocycles. The Kier molecular flexibility index (Phi) is 14.1. The Morgan fingerprint density at radius 2 is 1.42 bits per heavy atom. The number of amides is 3.